The van der Waals surface area contributed by atoms with Gasteiger partial charge < -0.3 is 19.6 Å². The van der Waals surface area contributed by atoms with E-state index in [4.69, 9.17) is 17.3 Å². The van der Waals surface area contributed by atoms with Gasteiger partial charge in [-0.05, 0) is 37.3 Å². The highest BCUT2D eigenvalue weighted by molar-refractivity contribution is 6.49. The molecule has 0 spiro atoms. The van der Waals surface area contributed by atoms with Crippen LogP contribution in [0.3, 0.4) is 0 Å². The average Bonchev–Trinajstić information content (AvgIpc) is 2.68. The second kappa shape index (κ2) is 10.6. The molecular weight excluding hydrogens is 422 g/mol. The van der Waals surface area contributed by atoms with Gasteiger partial charge in [-0.15, -0.1) is 0 Å². The van der Waals surface area contributed by atoms with E-state index in [1.807, 2.05) is 12.1 Å². The van der Waals surface area contributed by atoms with E-state index in [0.29, 0.717) is 11.3 Å². The number of aliphatic imine (C=N–C) groups is 1. The molecule has 0 atom stereocenters. The fourth-order valence-electron chi connectivity index (χ4n) is 3.57. The van der Waals surface area contributed by atoms with Crippen LogP contribution in [0, 0.1) is 0 Å². The number of carbonyl (C=O) groups is 1. The Hall–Kier alpha value is -2.15. The van der Waals surface area contributed by atoms with Crippen molar-refractivity contribution in [2.45, 2.75) is 19.8 Å². The number of Topliss-reactive ketones (excluding diaryl/α,β-unsaturated/α-hetero) is 1. The van der Waals surface area contributed by atoms with Gasteiger partial charge in [0.25, 0.3) is 0 Å². The fraction of sp³-hybridized carbons (Fsp3) is 0.520. The molecular formula is C25H40ClN5O+2. The Bertz CT molecular complexity index is 882. The zero-order valence-electron chi connectivity index (χ0n) is 20.8. The third-order valence-electron chi connectivity index (χ3n) is 5.40. The number of carbonyl (C=O) groups excluding carboxylic acids is 1. The van der Waals surface area contributed by atoms with Crippen LogP contribution in [-0.2, 0) is 4.79 Å². The summed E-state index contributed by atoms with van der Waals surface area (Å²) in [7, 11) is 13.4. The molecule has 1 aromatic carbocycles. The predicted molar refractivity (Wildman–Crippen MR) is 137 cm³/mol. The largest absolute Gasteiger partial charge is 0.396 e. The topological polar surface area (TPSA) is 58.7 Å². The van der Waals surface area contributed by atoms with Crippen LogP contribution in [0.15, 0.2) is 51.6 Å². The van der Waals surface area contributed by atoms with Crippen molar-refractivity contribution in [3.63, 3.8) is 0 Å². The summed E-state index contributed by atoms with van der Waals surface area (Å²) < 4.78 is 1.94. The molecule has 1 aliphatic carbocycles. The molecule has 1 aromatic rings. The summed E-state index contributed by atoms with van der Waals surface area (Å²) in [5.74, 6) is -0.239. The highest BCUT2D eigenvalue weighted by Gasteiger charge is 2.22. The lowest BCUT2D eigenvalue weighted by Gasteiger charge is -2.30. The molecule has 0 fully saturated rings. The molecule has 7 heteroatoms. The first-order valence-corrected chi connectivity index (χ1v) is 11.6. The van der Waals surface area contributed by atoms with Crippen LogP contribution in [0.5, 0.6) is 0 Å². The van der Waals surface area contributed by atoms with Gasteiger partial charge in [0.15, 0.2) is 0 Å². The molecule has 176 valence electrons. The number of benzene rings is 1. The maximum atomic E-state index is 11.9. The number of rotatable bonds is 10. The number of nitrogens with zero attached hydrogens (tertiary/aromatic N) is 4. The predicted octanol–water partition coefficient (Wildman–Crippen LogP) is 3.70. The van der Waals surface area contributed by atoms with Crippen molar-refractivity contribution in [1.82, 2.24) is 0 Å². The number of ketones is 1. The molecule has 2 rings (SSSR count). The molecule has 0 saturated carbocycles. The van der Waals surface area contributed by atoms with Gasteiger partial charge >= 0.3 is 0 Å². The number of anilines is 1. The van der Waals surface area contributed by atoms with Gasteiger partial charge in [-0.25, -0.2) is 4.99 Å². The molecule has 0 aliphatic heterocycles. The SMILES string of the molecule is CC1=CC(=Nc2ccc(N(CCC[N+](C)(C)C)CCC[N+](C)(C)C)cc2)C(N)=C(Cl)C1=O. The first-order chi connectivity index (χ1) is 14.8. The van der Waals surface area contributed by atoms with Crippen molar-refractivity contribution >= 4 is 34.5 Å². The minimum absolute atomic E-state index is 0.0426. The first kappa shape index (κ1) is 26.1. The fourth-order valence-corrected chi connectivity index (χ4v) is 3.81. The molecule has 32 heavy (non-hydrogen) atoms. The van der Waals surface area contributed by atoms with Crippen molar-refractivity contribution in [3.8, 4) is 0 Å². The van der Waals surface area contributed by atoms with E-state index in [1.165, 1.54) is 5.69 Å². The Balaban J connectivity index is 2.17. The number of allylic oxidation sites excluding steroid dienone is 3. The minimum atomic E-state index is -0.239. The quantitative estimate of drug-likeness (QED) is 0.427. The summed E-state index contributed by atoms with van der Waals surface area (Å²) >= 11 is 6.08. The summed E-state index contributed by atoms with van der Waals surface area (Å²) in [4.78, 5) is 19.0. The number of nitrogens with two attached hydrogens (primary N) is 1. The Kier molecular flexibility index (Phi) is 8.68. The second-order valence-corrected chi connectivity index (χ2v) is 11.0. The molecule has 6 nitrogen and oxygen atoms in total. The van der Waals surface area contributed by atoms with Crippen molar-refractivity contribution < 1.29 is 13.8 Å². The van der Waals surface area contributed by atoms with Crippen LogP contribution in [0.2, 0.25) is 0 Å². The van der Waals surface area contributed by atoms with E-state index in [-0.39, 0.29) is 16.5 Å². The summed E-state index contributed by atoms with van der Waals surface area (Å²) in [5, 5.41) is 0.0426. The number of hydrogen-bond donors (Lipinski definition) is 1. The summed E-state index contributed by atoms with van der Waals surface area (Å²) in [6.45, 7) is 6.04. The van der Waals surface area contributed by atoms with E-state index in [2.05, 4.69) is 64.3 Å². The van der Waals surface area contributed by atoms with Crippen LogP contribution in [0.4, 0.5) is 11.4 Å². The Morgan fingerprint density at radius 1 is 0.938 bits per heavy atom. The number of halogens is 1. The van der Waals surface area contributed by atoms with Gasteiger partial charge in [0.2, 0.25) is 5.78 Å². The first-order valence-electron chi connectivity index (χ1n) is 11.2. The van der Waals surface area contributed by atoms with Crippen LogP contribution < -0.4 is 10.6 Å². The third kappa shape index (κ3) is 8.08. The summed E-state index contributed by atoms with van der Waals surface area (Å²) in [6.07, 6.45) is 3.96. The van der Waals surface area contributed by atoms with Crippen molar-refractivity contribution in [2.75, 3.05) is 73.4 Å². The molecule has 0 aromatic heterocycles. The van der Waals surface area contributed by atoms with Gasteiger partial charge in [-0.3, -0.25) is 4.79 Å². The highest BCUT2D eigenvalue weighted by Crippen LogP contribution is 2.25. The van der Waals surface area contributed by atoms with Crippen LogP contribution >= 0.6 is 11.6 Å². The Labute approximate surface area is 198 Å². The lowest BCUT2D eigenvalue weighted by Crippen LogP contribution is -2.39. The lowest BCUT2D eigenvalue weighted by atomic mass is 10.0. The summed E-state index contributed by atoms with van der Waals surface area (Å²) in [6, 6.07) is 8.22. The zero-order chi connectivity index (χ0) is 24.1. The second-order valence-electron chi connectivity index (χ2n) is 10.6. The van der Waals surface area contributed by atoms with Gasteiger partial charge in [0.05, 0.1) is 72.5 Å². The van der Waals surface area contributed by atoms with Crippen molar-refractivity contribution in [1.29, 1.82) is 0 Å². The maximum absolute atomic E-state index is 11.9. The lowest BCUT2D eigenvalue weighted by molar-refractivity contribution is -0.870. The summed E-state index contributed by atoms with van der Waals surface area (Å²) in [5.41, 5.74) is 9.31. The Morgan fingerprint density at radius 3 is 1.91 bits per heavy atom. The Morgan fingerprint density at radius 2 is 1.44 bits per heavy atom. The van der Waals surface area contributed by atoms with Gasteiger partial charge in [-0.1, -0.05) is 11.6 Å². The molecule has 0 saturated heterocycles. The monoisotopic (exact) mass is 461 g/mol. The third-order valence-corrected chi connectivity index (χ3v) is 5.78. The van der Waals surface area contributed by atoms with Gasteiger partial charge in [0.1, 0.15) is 5.03 Å². The van der Waals surface area contributed by atoms with Crippen molar-refractivity contribution in [2.24, 2.45) is 10.7 Å². The molecule has 0 amide bonds. The van der Waals surface area contributed by atoms with E-state index in [0.717, 1.165) is 53.7 Å². The van der Waals surface area contributed by atoms with E-state index >= 15 is 0 Å². The molecule has 0 unspecified atom stereocenters. The van der Waals surface area contributed by atoms with Crippen LogP contribution in [0.25, 0.3) is 0 Å². The average molecular weight is 462 g/mol. The van der Waals surface area contributed by atoms with E-state index < -0.39 is 0 Å². The zero-order valence-corrected chi connectivity index (χ0v) is 21.5. The number of hydrogen-bond acceptors (Lipinski definition) is 4. The van der Waals surface area contributed by atoms with E-state index in [9.17, 15) is 4.79 Å². The van der Waals surface area contributed by atoms with E-state index in [1.54, 1.807) is 13.0 Å². The van der Waals surface area contributed by atoms with Gasteiger partial charge in [0, 0.05) is 37.2 Å². The molecule has 1 aliphatic rings. The smallest absolute Gasteiger partial charge is 0.202 e. The molecule has 0 heterocycles. The van der Waals surface area contributed by atoms with Crippen molar-refractivity contribution in [3.05, 3.63) is 46.6 Å². The maximum Gasteiger partial charge on any atom is 0.202 e. The van der Waals surface area contributed by atoms with Gasteiger partial charge in [-0.2, -0.15) is 0 Å². The normalized spacial score (nSPS) is 16.6. The highest BCUT2D eigenvalue weighted by atomic mass is 35.5. The molecule has 2 N–H and O–H groups in total. The number of quaternary nitrogens is 2. The standard InChI is InChI=1S/C25H39ClN5O/c1-19-18-22(24(27)23(26)25(19)32)28-20-10-12-21(13-11-20)29(14-8-16-30(2,3)4)15-9-17-31(5,6)7/h10-13,18H,8-9,14-17H2,1-7H3,(H-,27,32)/q+1/p+1. The van der Waals surface area contributed by atoms with Crippen LogP contribution in [0.1, 0.15) is 19.8 Å². The molecule has 0 bridgehead atoms. The minimum Gasteiger partial charge on any atom is -0.396 e. The molecule has 0 radical (unpaired) electrons. The van der Waals surface area contributed by atoms with Crippen LogP contribution in [-0.4, -0.2) is 88.9 Å².